The lowest BCUT2D eigenvalue weighted by molar-refractivity contribution is -0.137. The molecular formula is C13H14ClNO2. The van der Waals surface area contributed by atoms with Crippen LogP contribution in [0.15, 0.2) is 18.3 Å². The van der Waals surface area contributed by atoms with Crippen LogP contribution in [0.25, 0.3) is 10.9 Å². The van der Waals surface area contributed by atoms with E-state index < -0.39 is 5.97 Å². The first-order valence-electron chi connectivity index (χ1n) is 5.53. The van der Waals surface area contributed by atoms with E-state index in [1.807, 2.05) is 25.3 Å². The van der Waals surface area contributed by atoms with E-state index in [0.717, 1.165) is 28.5 Å². The van der Waals surface area contributed by atoms with Gasteiger partial charge in [0.15, 0.2) is 0 Å². The molecule has 4 heteroatoms. The first-order chi connectivity index (χ1) is 8.04. The highest BCUT2D eigenvalue weighted by molar-refractivity contribution is 6.32. The number of halogens is 1. The topological polar surface area (TPSA) is 42.2 Å². The molecule has 0 saturated carbocycles. The Kier molecular flexibility index (Phi) is 3.11. The van der Waals surface area contributed by atoms with Crippen molar-refractivity contribution in [2.45, 2.75) is 26.8 Å². The van der Waals surface area contributed by atoms with Crippen LogP contribution in [0.1, 0.15) is 18.1 Å². The summed E-state index contributed by atoms with van der Waals surface area (Å²) < 4.78 is 1.76. The van der Waals surface area contributed by atoms with E-state index in [-0.39, 0.29) is 6.54 Å². The molecule has 0 saturated heterocycles. The van der Waals surface area contributed by atoms with Gasteiger partial charge in [0.05, 0.1) is 5.52 Å². The van der Waals surface area contributed by atoms with E-state index in [1.165, 1.54) is 0 Å². The molecule has 2 aromatic rings. The number of nitrogens with zero attached hydrogens (tertiary/aromatic N) is 1. The Bertz CT molecular complexity index is 587. The van der Waals surface area contributed by atoms with Crippen molar-refractivity contribution in [2.24, 2.45) is 0 Å². The highest BCUT2D eigenvalue weighted by Gasteiger charge is 2.13. The molecule has 0 amide bonds. The number of benzene rings is 1. The van der Waals surface area contributed by atoms with E-state index in [0.29, 0.717) is 5.02 Å². The van der Waals surface area contributed by atoms with Crippen LogP contribution < -0.4 is 0 Å². The number of rotatable bonds is 3. The van der Waals surface area contributed by atoms with Gasteiger partial charge in [-0.15, -0.1) is 0 Å². The first-order valence-corrected chi connectivity index (χ1v) is 5.91. The zero-order valence-corrected chi connectivity index (χ0v) is 10.6. The van der Waals surface area contributed by atoms with Gasteiger partial charge < -0.3 is 9.67 Å². The maximum absolute atomic E-state index is 10.9. The van der Waals surface area contributed by atoms with Crippen molar-refractivity contribution < 1.29 is 9.90 Å². The second-order valence-corrected chi connectivity index (χ2v) is 4.51. The molecule has 17 heavy (non-hydrogen) atoms. The second-order valence-electron chi connectivity index (χ2n) is 4.10. The molecule has 0 fully saturated rings. The van der Waals surface area contributed by atoms with Gasteiger partial charge in [-0.2, -0.15) is 0 Å². The summed E-state index contributed by atoms with van der Waals surface area (Å²) in [5.41, 5.74) is 3.02. The predicted molar refractivity (Wildman–Crippen MR) is 68.7 cm³/mol. The third-order valence-corrected chi connectivity index (χ3v) is 3.41. The molecule has 1 aromatic carbocycles. The minimum absolute atomic E-state index is 0.0301. The van der Waals surface area contributed by atoms with Gasteiger partial charge in [0.1, 0.15) is 6.54 Å². The highest BCUT2D eigenvalue weighted by atomic mass is 35.5. The highest BCUT2D eigenvalue weighted by Crippen LogP contribution is 2.29. The van der Waals surface area contributed by atoms with Crippen molar-refractivity contribution >= 4 is 28.5 Å². The van der Waals surface area contributed by atoms with Gasteiger partial charge in [-0.1, -0.05) is 24.6 Å². The minimum Gasteiger partial charge on any atom is -0.480 e. The van der Waals surface area contributed by atoms with Crippen LogP contribution in [0.3, 0.4) is 0 Å². The number of aliphatic carboxylic acids is 1. The minimum atomic E-state index is -0.844. The zero-order chi connectivity index (χ0) is 12.6. The fourth-order valence-electron chi connectivity index (χ4n) is 2.18. The number of hydrogen-bond donors (Lipinski definition) is 1. The number of hydrogen-bond acceptors (Lipinski definition) is 1. The largest absolute Gasteiger partial charge is 0.480 e. The van der Waals surface area contributed by atoms with E-state index in [1.54, 1.807) is 4.57 Å². The third kappa shape index (κ3) is 2.03. The average Bonchev–Trinajstić information content (AvgIpc) is 2.61. The molecule has 0 aliphatic carbocycles. The SMILES string of the molecule is CCc1cn(CC(=O)O)c2c(C)c(Cl)ccc12. The van der Waals surface area contributed by atoms with Crippen LogP contribution in [0, 0.1) is 6.92 Å². The number of carbonyl (C=O) groups is 1. The van der Waals surface area contributed by atoms with Crippen LogP contribution in [0.2, 0.25) is 5.02 Å². The molecule has 1 N–H and O–H groups in total. The van der Waals surface area contributed by atoms with Gasteiger partial charge in [-0.3, -0.25) is 4.79 Å². The molecule has 0 radical (unpaired) electrons. The summed E-state index contributed by atoms with van der Waals surface area (Å²) in [4.78, 5) is 10.9. The summed E-state index contributed by atoms with van der Waals surface area (Å²) in [6, 6.07) is 3.82. The summed E-state index contributed by atoms with van der Waals surface area (Å²) in [5, 5.41) is 10.7. The van der Waals surface area contributed by atoms with E-state index >= 15 is 0 Å². The van der Waals surface area contributed by atoms with Gasteiger partial charge >= 0.3 is 5.97 Å². The molecule has 0 aliphatic rings. The zero-order valence-electron chi connectivity index (χ0n) is 9.83. The van der Waals surface area contributed by atoms with Crippen molar-refractivity contribution in [1.29, 1.82) is 0 Å². The molecular weight excluding hydrogens is 238 g/mol. The monoisotopic (exact) mass is 251 g/mol. The Labute approximate surface area is 105 Å². The number of aryl methyl sites for hydroxylation is 2. The van der Waals surface area contributed by atoms with Crippen LogP contribution >= 0.6 is 11.6 Å². The molecule has 90 valence electrons. The van der Waals surface area contributed by atoms with Crippen LogP contribution in [-0.4, -0.2) is 15.6 Å². The first kappa shape index (κ1) is 12.0. The van der Waals surface area contributed by atoms with E-state index in [9.17, 15) is 4.79 Å². The second kappa shape index (κ2) is 4.41. The summed E-state index contributed by atoms with van der Waals surface area (Å²) in [7, 11) is 0. The molecule has 3 nitrogen and oxygen atoms in total. The van der Waals surface area contributed by atoms with E-state index in [2.05, 4.69) is 6.92 Å². The number of aromatic nitrogens is 1. The summed E-state index contributed by atoms with van der Waals surface area (Å²) in [6.45, 7) is 3.95. The molecule has 2 rings (SSSR count). The molecule has 1 heterocycles. The smallest absolute Gasteiger partial charge is 0.323 e. The lowest BCUT2D eigenvalue weighted by Crippen LogP contribution is -2.07. The molecule has 0 bridgehead atoms. The van der Waals surface area contributed by atoms with Gasteiger partial charge in [-0.05, 0) is 30.5 Å². The molecule has 0 atom stereocenters. The van der Waals surface area contributed by atoms with Crippen molar-refractivity contribution in [3.8, 4) is 0 Å². The van der Waals surface area contributed by atoms with Crippen molar-refractivity contribution in [3.05, 3.63) is 34.5 Å². The van der Waals surface area contributed by atoms with Crippen LogP contribution in [0.5, 0.6) is 0 Å². The van der Waals surface area contributed by atoms with Gasteiger partial charge in [-0.25, -0.2) is 0 Å². The average molecular weight is 252 g/mol. The maximum Gasteiger partial charge on any atom is 0.323 e. The van der Waals surface area contributed by atoms with Crippen molar-refractivity contribution in [3.63, 3.8) is 0 Å². The fourth-order valence-corrected chi connectivity index (χ4v) is 2.33. The summed E-state index contributed by atoms with van der Waals surface area (Å²) >= 11 is 6.09. The number of carboxylic acid groups (broad SMARTS) is 1. The quantitative estimate of drug-likeness (QED) is 0.910. The van der Waals surface area contributed by atoms with Crippen molar-refractivity contribution in [2.75, 3.05) is 0 Å². The lowest BCUT2D eigenvalue weighted by atomic mass is 10.1. The third-order valence-electron chi connectivity index (χ3n) is 3.00. The van der Waals surface area contributed by atoms with Gasteiger partial charge in [0.2, 0.25) is 0 Å². The molecule has 1 aromatic heterocycles. The van der Waals surface area contributed by atoms with Crippen LogP contribution in [0.4, 0.5) is 0 Å². The van der Waals surface area contributed by atoms with Gasteiger partial charge in [0.25, 0.3) is 0 Å². The maximum atomic E-state index is 10.9. The Morgan fingerprint density at radius 3 is 2.76 bits per heavy atom. The number of fused-ring (bicyclic) bond motifs is 1. The summed E-state index contributed by atoms with van der Waals surface area (Å²) in [5.74, 6) is -0.844. The fraction of sp³-hybridized carbons (Fsp3) is 0.308. The molecule has 0 unspecified atom stereocenters. The van der Waals surface area contributed by atoms with E-state index in [4.69, 9.17) is 16.7 Å². The molecule has 0 aliphatic heterocycles. The Balaban J connectivity index is 2.74. The predicted octanol–water partition coefficient (Wildman–Crippen LogP) is 3.25. The summed E-state index contributed by atoms with van der Waals surface area (Å²) in [6.07, 6.45) is 2.78. The Morgan fingerprint density at radius 2 is 2.18 bits per heavy atom. The Morgan fingerprint density at radius 1 is 1.47 bits per heavy atom. The van der Waals surface area contributed by atoms with Crippen molar-refractivity contribution in [1.82, 2.24) is 4.57 Å². The lowest BCUT2D eigenvalue weighted by Gasteiger charge is -2.05. The standard InChI is InChI=1S/C13H14ClNO2/c1-3-9-6-15(7-12(16)17)13-8(2)11(14)5-4-10(9)13/h4-6H,3,7H2,1-2H3,(H,16,17). The Hall–Kier alpha value is -1.48. The van der Waals surface area contributed by atoms with Crippen LogP contribution in [-0.2, 0) is 17.8 Å². The van der Waals surface area contributed by atoms with Gasteiger partial charge in [0, 0.05) is 16.6 Å². The number of carboxylic acids is 1. The molecule has 0 spiro atoms. The normalized spacial score (nSPS) is 11.0.